The molecule has 0 aliphatic heterocycles. The van der Waals surface area contributed by atoms with Crippen LogP contribution in [0.1, 0.15) is 27.2 Å². The summed E-state index contributed by atoms with van der Waals surface area (Å²) in [7, 11) is -12.0. The van der Waals surface area contributed by atoms with Gasteiger partial charge in [-0.15, -0.1) is 0 Å². The molecular formula is C14H34BO14P3S. The minimum absolute atomic E-state index is 0.00451. The van der Waals surface area contributed by atoms with E-state index in [-0.39, 0.29) is 19.1 Å². The van der Waals surface area contributed by atoms with Crippen LogP contribution in [0.25, 0.3) is 0 Å². The van der Waals surface area contributed by atoms with Gasteiger partial charge < -0.3 is 24.3 Å². The van der Waals surface area contributed by atoms with Gasteiger partial charge in [0.2, 0.25) is 0 Å². The molecule has 19 heteroatoms. The predicted octanol–water partition coefficient (Wildman–Crippen LogP) is 1.81. The maximum atomic E-state index is 12.1. The Morgan fingerprint density at radius 3 is 1.73 bits per heavy atom. The van der Waals surface area contributed by atoms with Crippen LogP contribution in [-0.4, -0.2) is 83.2 Å². The highest BCUT2D eigenvalue weighted by atomic mass is 32.2. The molecule has 0 heterocycles. The average molecular weight is 562 g/mol. The summed E-state index contributed by atoms with van der Waals surface area (Å²) in [5.41, 5.74) is -1.04. The quantitative estimate of drug-likeness (QED) is 0.0621. The first-order valence-electron chi connectivity index (χ1n) is 9.82. The molecule has 5 N–H and O–H groups in total. The van der Waals surface area contributed by atoms with Crippen LogP contribution in [0.3, 0.4) is 0 Å². The van der Waals surface area contributed by atoms with Crippen molar-refractivity contribution >= 4 is 43.4 Å². The van der Waals surface area contributed by atoms with Crippen LogP contribution >= 0.6 is 35.5 Å². The van der Waals surface area contributed by atoms with Gasteiger partial charge in [0.25, 0.3) is 0 Å². The summed E-state index contributed by atoms with van der Waals surface area (Å²) in [4.78, 5) is 28.8. The molecule has 0 rings (SSSR count). The van der Waals surface area contributed by atoms with E-state index in [1.807, 2.05) is 6.92 Å². The molecule has 0 aliphatic carbocycles. The molecule has 33 heavy (non-hydrogen) atoms. The van der Waals surface area contributed by atoms with Gasteiger partial charge in [-0.05, 0) is 44.0 Å². The molecule has 0 spiro atoms. The SMILES string of the molecule is BC(CO)COP(=O)(O)OCCOP(=O)(O)OCCOP(=O)(O)OC(C)(C)CC(C)CSO. The van der Waals surface area contributed by atoms with Gasteiger partial charge in [0.15, 0.2) is 0 Å². The van der Waals surface area contributed by atoms with Gasteiger partial charge >= 0.3 is 23.5 Å². The predicted molar refractivity (Wildman–Crippen MR) is 123 cm³/mol. The van der Waals surface area contributed by atoms with Crippen LogP contribution in [-0.2, 0) is 40.8 Å². The lowest BCUT2D eigenvalue weighted by Gasteiger charge is -2.29. The minimum Gasteiger partial charge on any atom is -0.397 e. The van der Waals surface area contributed by atoms with E-state index < -0.39 is 61.3 Å². The molecule has 0 saturated carbocycles. The second-order valence-electron chi connectivity index (χ2n) is 7.78. The molecule has 0 radical (unpaired) electrons. The Balaban J connectivity index is 4.25. The van der Waals surface area contributed by atoms with Crippen molar-refractivity contribution < 1.29 is 65.2 Å². The molecule has 0 aromatic carbocycles. The highest BCUT2D eigenvalue weighted by molar-refractivity contribution is 7.93. The van der Waals surface area contributed by atoms with E-state index in [2.05, 4.69) is 18.1 Å². The molecular weight excluding hydrogens is 528 g/mol. The Kier molecular flexibility index (Phi) is 16.0. The summed E-state index contributed by atoms with van der Waals surface area (Å²) in [6, 6.07) is 0. The second kappa shape index (κ2) is 15.7. The Labute approximate surface area is 198 Å². The summed E-state index contributed by atoms with van der Waals surface area (Å²) in [5, 5.41) is 8.83. The van der Waals surface area contributed by atoms with Crippen molar-refractivity contribution in [2.75, 3.05) is 45.4 Å². The Morgan fingerprint density at radius 2 is 1.30 bits per heavy atom. The number of aliphatic hydroxyl groups excluding tert-OH is 1. The Hall–Kier alpha value is 0.665. The first kappa shape index (κ1) is 33.7. The lowest BCUT2D eigenvalue weighted by molar-refractivity contribution is 0.0278. The maximum Gasteiger partial charge on any atom is 0.472 e. The third kappa shape index (κ3) is 18.6. The lowest BCUT2D eigenvalue weighted by atomic mass is 9.90. The van der Waals surface area contributed by atoms with Crippen molar-refractivity contribution in [2.24, 2.45) is 5.92 Å². The number of hydrogen-bond acceptors (Lipinski definition) is 12. The van der Waals surface area contributed by atoms with E-state index in [1.165, 1.54) is 0 Å². The molecule has 0 aromatic rings. The van der Waals surface area contributed by atoms with E-state index in [0.717, 1.165) is 0 Å². The van der Waals surface area contributed by atoms with Crippen molar-refractivity contribution in [3.63, 3.8) is 0 Å². The molecule has 198 valence electrons. The summed E-state index contributed by atoms with van der Waals surface area (Å²) in [6.07, 6.45) is 0.360. The Bertz CT molecular complexity index is 698. The third-order valence-electron chi connectivity index (χ3n) is 3.58. The zero-order valence-corrected chi connectivity index (χ0v) is 22.5. The van der Waals surface area contributed by atoms with Crippen molar-refractivity contribution in [1.29, 1.82) is 0 Å². The van der Waals surface area contributed by atoms with E-state index in [1.54, 1.807) is 21.7 Å². The molecule has 0 aliphatic rings. The summed E-state index contributed by atoms with van der Waals surface area (Å²) < 4.78 is 72.4. The van der Waals surface area contributed by atoms with Crippen LogP contribution in [0.15, 0.2) is 0 Å². The monoisotopic (exact) mass is 562 g/mol. The smallest absolute Gasteiger partial charge is 0.397 e. The van der Waals surface area contributed by atoms with Crippen molar-refractivity contribution in [3.05, 3.63) is 0 Å². The maximum absolute atomic E-state index is 12.1. The lowest BCUT2D eigenvalue weighted by Crippen LogP contribution is -2.27. The number of rotatable bonds is 20. The van der Waals surface area contributed by atoms with Gasteiger partial charge in [0.05, 0.1) is 38.6 Å². The van der Waals surface area contributed by atoms with Gasteiger partial charge in [0.1, 0.15) is 7.85 Å². The van der Waals surface area contributed by atoms with Gasteiger partial charge in [-0.25, -0.2) is 13.7 Å². The summed E-state index contributed by atoms with van der Waals surface area (Å²) in [6.45, 7) is 2.16. The van der Waals surface area contributed by atoms with Crippen LogP contribution < -0.4 is 0 Å². The molecule has 0 aromatic heterocycles. The number of hydrogen-bond donors (Lipinski definition) is 5. The molecule has 0 amide bonds. The highest BCUT2D eigenvalue weighted by Crippen LogP contribution is 2.49. The normalized spacial score (nSPS) is 19.9. The standard InChI is InChI=1S/C14H34BO14P3S/c1-12(11-33-23)8-14(2,3)29-32(21,22)27-7-6-25-30(17,18)24-4-5-26-31(19,20)28-10-13(15)9-16/h12-13,16,23H,4-11,15H2,1-3H3,(H,17,18)(H,19,20)(H,21,22). The Morgan fingerprint density at radius 1 is 0.879 bits per heavy atom. The fourth-order valence-corrected chi connectivity index (χ4v) is 5.30. The van der Waals surface area contributed by atoms with E-state index in [9.17, 15) is 28.4 Å². The molecule has 14 nitrogen and oxygen atoms in total. The third-order valence-corrected chi connectivity index (χ3v) is 7.53. The van der Waals surface area contributed by atoms with E-state index >= 15 is 0 Å². The van der Waals surface area contributed by atoms with Gasteiger partial charge in [-0.3, -0.25) is 27.1 Å². The molecule has 0 fully saturated rings. The highest BCUT2D eigenvalue weighted by Gasteiger charge is 2.33. The zero-order chi connectivity index (χ0) is 25.8. The van der Waals surface area contributed by atoms with Crippen molar-refractivity contribution in [3.8, 4) is 0 Å². The van der Waals surface area contributed by atoms with Gasteiger partial charge in [-0.1, -0.05) is 6.92 Å². The minimum atomic E-state index is -4.60. The molecule has 0 saturated heterocycles. The first-order valence-corrected chi connectivity index (χ1v) is 15.2. The van der Waals surface area contributed by atoms with Crippen molar-refractivity contribution in [2.45, 2.75) is 38.6 Å². The van der Waals surface area contributed by atoms with Gasteiger partial charge in [-0.2, -0.15) is 0 Å². The molecule has 5 unspecified atom stereocenters. The van der Waals surface area contributed by atoms with Crippen molar-refractivity contribution in [1.82, 2.24) is 0 Å². The fourth-order valence-electron chi connectivity index (χ4n) is 2.36. The number of phosphoric ester groups is 3. The zero-order valence-electron chi connectivity index (χ0n) is 19.0. The van der Waals surface area contributed by atoms with Gasteiger partial charge in [0, 0.05) is 12.4 Å². The number of phosphoric acid groups is 3. The first-order chi connectivity index (χ1) is 15.0. The fraction of sp³-hybridized carbons (Fsp3) is 1.00. The second-order valence-corrected chi connectivity index (χ2v) is 12.7. The van der Waals surface area contributed by atoms with Crippen LogP contribution in [0.4, 0.5) is 0 Å². The largest absolute Gasteiger partial charge is 0.472 e. The van der Waals surface area contributed by atoms with Crippen LogP contribution in [0, 0.1) is 5.92 Å². The summed E-state index contributed by atoms with van der Waals surface area (Å²) in [5.74, 6) is 0.0215. The average Bonchev–Trinajstić information content (AvgIpc) is 2.65. The van der Waals surface area contributed by atoms with Crippen LogP contribution in [0.5, 0.6) is 0 Å². The van der Waals surface area contributed by atoms with E-state index in [4.69, 9.17) is 18.7 Å². The van der Waals surface area contributed by atoms with Crippen LogP contribution in [0.2, 0.25) is 5.82 Å². The summed E-state index contributed by atoms with van der Waals surface area (Å²) >= 11 is 0.654. The number of aliphatic hydroxyl groups is 1. The molecule has 5 atom stereocenters. The van der Waals surface area contributed by atoms with E-state index in [0.29, 0.717) is 24.2 Å². The topological polar surface area (TPSA) is 208 Å². The molecule has 0 bridgehead atoms.